The molecule has 3 aromatic rings. The Kier molecular flexibility index (Phi) is 7.05. The molecule has 0 saturated carbocycles. The van der Waals surface area contributed by atoms with E-state index in [0.717, 1.165) is 10.9 Å². The number of carbonyl (C=O) groups is 3. The van der Waals surface area contributed by atoms with Crippen LogP contribution in [-0.2, 0) is 16.1 Å². The van der Waals surface area contributed by atoms with E-state index in [-0.39, 0.29) is 31.2 Å². The molecule has 0 spiro atoms. The summed E-state index contributed by atoms with van der Waals surface area (Å²) in [4.78, 5) is 35.8. The molecule has 3 N–H and O–H groups in total. The fourth-order valence-electron chi connectivity index (χ4n) is 2.85. The minimum atomic E-state index is -0.548. The first kappa shape index (κ1) is 20.9. The highest BCUT2D eigenvalue weighted by Crippen LogP contribution is 2.24. The number of para-hydroxylation sites is 1. The summed E-state index contributed by atoms with van der Waals surface area (Å²) in [7, 11) is 0. The number of hydrogen-bond donors (Lipinski definition) is 3. The second kappa shape index (κ2) is 10.1. The van der Waals surface area contributed by atoms with Crippen LogP contribution in [0, 0.1) is 6.92 Å². The predicted molar refractivity (Wildman–Crippen MR) is 110 cm³/mol. The Hall–Kier alpha value is -3.81. The molecule has 3 rings (SSSR count). The third kappa shape index (κ3) is 5.60. The number of ether oxygens (including phenoxy) is 1. The number of benzene rings is 2. The van der Waals surface area contributed by atoms with Gasteiger partial charge in [-0.25, -0.2) is 4.79 Å². The number of furan rings is 1. The van der Waals surface area contributed by atoms with Crippen LogP contribution in [0.3, 0.4) is 0 Å². The van der Waals surface area contributed by atoms with Crippen LogP contribution in [-0.4, -0.2) is 24.5 Å². The summed E-state index contributed by atoms with van der Waals surface area (Å²) in [5, 5.41) is 3.42. The van der Waals surface area contributed by atoms with Crippen LogP contribution in [0.1, 0.15) is 34.5 Å². The monoisotopic (exact) mass is 409 g/mol. The second-order valence-corrected chi connectivity index (χ2v) is 6.65. The van der Waals surface area contributed by atoms with Crippen molar-refractivity contribution in [3.8, 4) is 0 Å². The maximum Gasteiger partial charge on any atom is 0.407 e. The Bertz CT molecular complexity index is 1030. The minimum absolute atomic E-state index is 0.123. The summed E-state index contributed by atoms with van der Waals surface area (Å²) >= 11 is 0. The van der Waals surface area contributed by atoms with Gasteiger partial charge in [-0.1, -0.05) is 48.5 Å². The zero-order chi connectivity index (χ0) is 21.3. The number of fused-ring (bicyclic) bond motifs is 1. The smallest absolute Gasteiger partial charge is 0.407 e. The van der Waals surface area contributed by atoms with Gasteiger partial charge >= 0.3 is 12.0 Å². The zero-order valence-corrected chi connectivity index (χ0v) is 16.6. The molecular formula is C22H23N3O5. The standard InChI is InChI=1S/C22H23N3O5/c1-15-17-10-5-6-11-18(17)30-20(15)21(27)25-24-19(26)12-7-13-23-22(28)29-14-16-8-3-2-4-9-16/h2-6,8-11H,7,12-14H2,1H3,(H,23,28)(H,24,26)(H,25,27). The van der Waals surface area contributed by atoms with Gasteiger partial charge in [-0.05, 0) is 25.0 Å². The number of aryl methyl sites for hydroxylation is 1. The first-order valence-electron chi connectivity index (χ1n) is 9.56. The van der Waals surface area contributed by atoms with E-state index in [1.54, 1.807) is 13.0 Å². The quantitative estimate of drug-likeness (QED) is 0.410. The van der Waals surface area contributed by atoms with Crippen molar-refractivity contribution in [1.82, 2.24) is 16.2 Å². The Morgan fingerprint density at radius 1 is 0.967 bits per heavy atom. The first-order valence-corrected chi connectivity index (χ1v) is 9.56. The molecule has 0 atom stereocenters. The van der Waals surface area contributed by atoms with Gasteiger partial charge in [0.1, 0.15) is 12.2 Å². The van der Waals surface area contributed by atoms with Crippen molar-refractivity contribution >= 4 is 28.9 Å². The molecule has 30 heavy (non-hydrogen) atoms. The molecule has 3 amide bonds. The second-order valence-electron chi connectivity index (χ2n) is 6.65. The Balaban J connectivity index is 1.33. The number of hydrazine groups is 1. The summed E-state index contributed by atoms with van der Waals surface area (Å²) in [6, 6.07) is 16.6. The highest BCUT2D eigenvalue weighted by Gasteiger charge is 2.17. The van der Waals surface area contributed by atoms with Gasteiger partial charge < -0.3 is 14.5 Å². The molecule has 0 radical (unpaired) electrons. The van der Waals surface area contributed by atoms with E-state index >= 15 is 0 Å². The SMILES string of the molecule is Cc1c(C(=O)NNC(=O)CCCNC(=O)OCc2ccccc2)oc2ccccc12. The van der Waals surface area contributed by atoms with E-state index in [1.807, 2.05) is 48.5 Å². The lowest BCUT2D eigenvalue weighted by molar-refractivity contribution is -0.121. The van der Waals surface area contributed by atoms with Crippen molar-refractivity contribution in [3.63, 3.8) is 0 Å². The highest BCUT2D eigenvalue weighted by molar-refractivity contribution is 5.99. The van der Waals surface area contributed by atoms with Crippen molar-refractivity contribution in [2.24, 2.45) is 0 Å². The molecule has 0 aliphatic rings. The minimum Gasteiger partial charge on any atom is -0.451 e. The summed E-state index contributed by atoms with van der Waals surface area (Å²) < 4.78 is 10.6. The molecule has 0 aliphatic heterocycles. The van der Waals surface area contributed by atoms with E-state index < -0.39 is 12.0 Å². The van der Waals surface area contributed by atoms with Gasteiger partial charge in [0.15, 0.2) is 5.76 Å². The van der Waals surface area contributed by atoms with Gasteiger partial charge in [0.05, 0.1) is 0 Å². The topological polar surface area (TPSA) is 110 Å². The lowest BCUT2D eigenvalue weighted by Crippen LogP contribution is -2.41. The van der Waals surface area contributed by atoms with Crippen molar-refractivity contribution in [3.05, 3.63) is 71.5 Å². The fraction of sp³-hybridized carbons (Fsp3) is 0.227. The molecule has 156 valence electrons. The Morgan fingerprint density at radius 2 is 1.70 bits per heavy atom. The number of carbonyl (C=O) groups excluding carboxylic acids is 3. The van der Waals surface area contributed by atoms with E-state index in [1.165, 1.54) is 0 Å². The zero-order valence-electron chi connectivity index (χ0n) is 16.6. The Labute approximate surface area is 173 Å². The summed E-state index contributed by atoms with van der Waals surface area (Å²) in [5.41, 5.74) is 6.89. The Morgan fingerprint density at radius 3 is 2.47 bits per heavy atom. The molecule has 0 fully saturated rings. The van der Waals surface area contributed by atoms with Crippen molar-refractivity contribution in [2.75, 3.05) is 6.54 Å². The normalized spacial score (nSPS) is 10.4. The van der Waals surface area contributed by atoms with Gasteiger partial charge in [0.25, 0.3) is 0 Å². The first-order chi connectivity index (χ1) is 14.5. The van der Waals surface area contributed by atoms with Gasteiger partial charge in [0.2, 0.25) is 5.91 Å². The number of rotatable bonds is 7. The molecular weight excluding hydrogens is 386 g/mol. The average Bonchev–Trinajstić information content (AvgIpc) is 3.11. The molecule has 8 nitrogen and oxygen atoms in total. The molecule has 1 heterocycles. The van der Waals surface area contributed by atoms with Gasteiger partial charge in [-0.3, -0.25) is 20.4 Å². The maximum absolute atomic E-state index is 12.3. The number of alkyl carbamates (subject to hydrolysis) is 1. The molecule has 0 aliphatic carbocycles. The molecule has 2 aromatic carbocycles. The third-order valence-corrected chi connectivity index (χ3v) is 4.43. The highest BCUT2D eigenvalue weighted by atomic mass is 16.5. The summed E-state index contributed by atoms with van der Waals surface area (Å²) in [5.74, 6) is -0.754. The predicted octanol–water partition coefficient (Wildman–Crippen LogP) is 3.21. The molecule has 0 saturated heterocycles. The van der Waals surface area contributed by atoms with Gasteiger partial charge in [0, 0.05) is 23.9 Å². The van der Waals surface area contributed by atoms with Gasteiger partial charge in [-0.2, -0.15) is 0 Å². The molecule has 0 bridgehead atoms. The van der Waals surface area contributed by atoms with Crippen LogP contribution >= 0.6 is 0 Å². The third-order valence-electron chi connectivity index (χ3n) is 4.43. The van der Waals surface area contributed by atoms with Crippen LogP contribution in [0.2, 0.25) is 0 Å². The maximum atomic E-state index is 12.3. The molecule has 8 heteroatoms. The van der Waals surface area contributed by atoms with Crippen LogP contribution in [0.4, 0.5) is 4.79 Å². The largest absolute Gasteiger partial charge is 0.451 e. The number of hydrogen-bond acceptors (Lipinski definition) is 5. The van der Waals surface area contributed by atoms with Crippen LogP contribution in [0.25, 0.3) is 11.0 Å². The van der Waals surface area contributed by atoms with Crippen molar-refractivity contribution in [1.29, 1.82) is 0 Å². The molecule has 1 aromatic heterocycles. The van der Waals surface area contributed by atoms with E-state index in [4.69, 9.17) is 9.15 Å². The van der Waals surface area contributed by atoms with E-state index in [0.29, 0.717) is 17.6 Å². The van der Waals surface area contributed by atoms with Crippen LogP contribution in [0.15, 0.2) is 59.0 Å². The summed E-state index contributed by atoms with van der Waals surface area (Å²) in [6.07, 6.45) is -0.0302. The van der Waals surface area contributed by atoms with Crippen LogP contribution in [0.5, 0.6) is 0 Å². The number of nitrogens with one attached hydrogen (secondary N) is 3. The lowest BCUT2D eigenvalue weighted by Gasteiger charge is -2.08. The van der Waals surface area contributed by atoms with Crippen molar-refractivity contribution in [2.45, 2.75) is 26.4 Å². The molecule has 0 unspecified atom stereocenters. The summed E-state index contributed by atoms with van der Waals surface area (Å²) in [6.45, 7) is 2.24. The van der Waals surface area contributed by atoms with Crippen LogP contribution < -0.4 is 16.2 Å². The number of amides is 3. The van der Waals surface area contributed by atoms with E-state index in [9.17, 15) is 14.4 Å². The average molecular weight is 409 g/mol. The van der Waals surface area contributed by atoms with Crippen molar-refractivity contribution < 1.29 is 23.5 Å². The lowest BCUT2D eigenvalue weighted by atomic mass is 10.1. The van der Waals surface area contributed by atoms with Gasteiger partial charge in [-0.15, -0.1) is 0 Å². The fourth-order valence-corrected chi connectivity index (χ4v) is 2.85. The van der Waals surface area contributed by atoms with E-state index in [2.05, 4.69) is 16.2 Å².